The van der Waals surface area contributed by atoms with E-state index in [4.69, 9.17) is 5.21 Å². The Balaban J connectivity index is 2.32. The number of nitrogens with one attached hydrogen (secondary N) is 1. The maximum absolute atomic E-state index is 13.1. The van der Waals surface area contributed by atoms with Gasteiger partial charge in [-0.1, -0.05) is 11.8 Å². The Kier molecular flexibility index (Phi) is 4.03. The second-order valence-corrected chi connectivity index (χ2v) is 4.43. The molecule has 0 bridgehead atoms. The molecule has 8 heteroatoms. The molecule has 19 heavy (non-hydrogen) atoms. The van der Waals surface area contributed by atoms with E-state index in [1.807, 2.05) is 0 Å². The number of halogens is 2. The van der Waals surface area contributed by atoms with Crippen LogP contribution in [0.15, 0.2) is 40.4 Å². The van der Waals surface area contributed by atoms with E-state index in [1.165, 1.54) is 23.8 Å². The SMILES string of the molecule is O=C(NO)c1ccnnc1Sc1ccc(F)c(F)c1. The molecule has 0 atom stereocenters. The van der Waals surface area contributed by atoms with Gasteiger partial charge in [-0.2, -0.15) is 5.10 Å². The van der Waals surface area contributed by atoms with Crippen LogP contribution in [0.25, 0.3) is 0 Å². The van der Waals surface area contributed by atoms with Gasteiger partial charge in [-0.25, -0.2) is 14.3 Å². The number of amides is 1. The molecule has 0 saturated carbocycles. The van der Waals surface area contributed by atoms with Crippen LogP contribution >= 0.6 is 11.8 Å². The molecule has 0 aliphatic rings. The van der Waals surface area contributed by atoms with Gasteiger partial charge in [0.25, 0.3) is 5.91 Å². The van der Waals surface area contributed by atoms with Gasteiger partial charge < -0.3 is 0 Å². The molecule has 0 unspecified atom stereocenters. The smallest absolute Gasteiger partial charge is 0.277 e. The molecular weight excluding hydrogens is 276 g/mol. The van der Waals surface area contributed by atoms with Gasteiger partial charge in [0.2, 0.25) is 0 Å². The van der Waals surface area contributed by atoms with Crippen molar-refractivity contribution in [3.8, 4) is 0 Å². The second kappa shape index (κ2) is 5.72. The minimum Gasteiger partial charge on any atom is -0.288 e. The molecule has 98 valence electrons. The summed E-state index contributed by atoms with van der Waals surface area (Å²) in [4.78, 5) is 11.7. The Morgan fingerprint density at radius 1 is 1.26 bits per heavy atom. The van der Waals surface area contributed by atoms with E-state index in [2.05, 4.69) is 10.2 Å². The highest BCUT2D eigenvalue weighted by Gasteiger charge is 2.14. The summed E-state index contributed by atoms with van der Waals surface area (Å²) in [5, 5.41) is 16.1. The average Bonchev–Trinajstić information content (AvgIpc) is 2.43. The number of benzene rings is 1. The number of rotatable bonds is 3. The van der Waals surface area contributed by atoms with Gasteiger partial charge in [-0.05, 0) is 24.3 Å². The van der Waals surface area contributed by atoms with E-state index in [-0.39, 0.29) is 10.6 Å². The van der Waals surface area contributed by atoms with E-state index in [9.17, 15) is 13.6 Å². The Labute approximate surface area is 110 Å². The molecule has 2 aromatic rings. The summed E-state index contributed by atoms with van der Waals surface area (Å²) in [6.07, 6.45) is 1.28. The van der Waals surface area contributed by atoms with E-state index in [1.54, 1.807) is 0 Å². The summed E-state index contributed by atoms with van der Waals surface area (Å²) >= 11 is 0.929. The van der Waals surface area contributed by atoms with E-state index in [0.29, 0.717) is 4.90 Å². The Morgan fingerprint density at radius 3 is 2.74 bits per heavy atom. The standard InChI is InChI=1S/C11H7F2N3O2S/c12-8-2-1-6(5-9(8)13)19-11-7(10(17)16-18)3-4-14-15-11/h1-5,18H,(H,16,17). The third-order valence-corrected chi connectivity index (χ3v) is 3.12. The van der Waals surface area contributed by atoms with Crippen LogP contribution < -0.4 is 5.48 Å². The molecule has 0 saturated heterocycles. The minimum atomic E-state index is -0.998. The Bertz CT molecular complexity index is 625. The molecule has 0 aliphatic carbocycles. The Morgan fingerprint density at radius 2 is 2.05 bits per heavy atom. The van der Waals surface area contributed by atoms with Crippen molar-refractivity contribution in [3.63, 3.8) is 0 Å². The number of hydroxylamine groups is 1. The summed E-state index contributed by atoms with van der Waals surface area (Å²) in [6, 6.07) is 4.65. The van der Waals surface area contributed by atoms with Gasteiger partial charge in [-0.3, -0.25) is 10.0 Å². The minimum absolute atomic E-state index is 0.0761. The number of aromatic nitrogens is 2. The molecule has 1 heterocycles. The monoisotopic (exact) mass is 283 g/mol. The highest BCUT2D eigenvalue weighted by atomic mass is 32.2. The lowest BCUT2D eigenvalue weighted by Gasteiger charge is -2.05. The van der Waals surface area contributed by atoms with Crippen LogP contribution in [0.1, 0.15) is 10.4 Å². The van der Waals surface area contributed by atoms with Gasteiger partial charge in [0, 0.05) is 4.90 Å². The zero-order valence-corrected chi connectivity index (χ0v) is 10.1. The normalized spacial score (nSPS) is 10.3. The fourth-order valence-electron chi connectivity index (χ4n) is 1.28. The van der Waals surface area contributed by atoms with Crippen LogP contribution in [0.5, 0.6) is 0 Å². The van der Waals surface area contributed by atoms with E-state index < -0.39 is 17.5 Å². The summed E-state index contributed by atoms with van der Waals surface area (Å²) in [5.41, 5.74) is 1.55. The molecule has 0 radical (unpaired) electrons. The molecule has 0 aliphatic heterocycles. The number of hydrogen-bond acceptors (Lipinski definition) is 5. The van der Waals surface area contributed by atoms with Crippen LogP contribution in [-0.2, 0) is 0 Å². The third-order valence-electron chi connectivity index (χ3n) is 2.14. The molecule has 1 aromatic carbocycles. The number of carbonyl (C=O) groups is 1. The van der Waals surface area contributed by atoms with Crippen molar-refractivity contribution in [2.24, 2.45) is 0 Å². The molecule has 0 fully saturated rings. The first-order valence-electron chi connectivity index (χ1n) is 5.01. The lowest BCUT2D eigenvalue weighted by Crippen LogP contribution is -2.20. The first-order chi connectivity index (χ1) is 9.11. The molecule has 5 nitrogen and oxygen atoms in total. The van der Waals surface area contributed by atoms with Crippen molar-refractivity contribution in [1.82, 2.24) is 15.7 Å². The van der Waals surface area contributed by atoms with Crippen molar-refractivity contribution in [1.29, 1.82) is 0 Å². The maximum Gasteiger partial charge on any atom is 0.277 e. The van der Waals surface area contributed by atoms with Crippen molar-refractivity contribution in [3.05, 3.63) is 47.7 Å². The van der Waals surface area contributed by atoms with Crippen LogP contribution in [0.3, 0.4) is 0 Å². The summed E-state index contributed by atoms with van der Waals surface area (Å²) in [7, 11) is 0. The fraction of sp³-hybridized carbons (Fsp3) is 0. The molecule has 1 amide bonds. The van der Waals surface area contributed by atoms with Gasteiger partial charge >= 0.3 is 0 Å². The van der Waals surface area contributed by atoms with Crippen molar-refractivity contribution in [2.45, 2.75) is 9.92 Å². The van der Waals surface area contributed by atoms with E-state index in [0.717, 1.165) is 23.9 Å². The molecule has 2 N–H and O–H groups in total. The second-order valence-electron chi connectivity index (χ2n) is 3.37. The van der Waals surface area contributed by atoms with Crippen LogP contribution in [0.4, 0.5) is 8.78 Å². The van der Waals surface area contributed by atoms with Gasteiger partial charge in [0.15, 0.2) is 11.6 Å². The molecular formula is C11H7F2N3O2S. The largest absolute Gasteiger partial charge is 0.288 e. The van der Waals surface area contributed by atoms with Crippen molar-refractivity contribution >= 4 is 17.7 Å². The van der Waals surface area contributed by atoms with Gasteiger partial charge in [0.1, 0.15) is 5.03 Å². The Hall–Kier alpha value is -2.06. The number of nitrogens with zero attached hydrogens (tertiary/aromatic N) is 2. The van der Waals surface area contributed by atoms with Crippen molar-refractivity contribution in [2.75, 3.05) is 0 Å². The fourth-order valence-corrected chi connectivity index (χ4v) is 2.16. The number of hydrogen-bond donors (Lipinski definition) is 2. The highest BCUT2D eigenvalue weighted by Crippen LogP contribution is 2.29. The summed E-state index contributed by atoms with van der Waals surface area (Å²) < 4.78 is 25.9. The number of carbonyl (C=O) groups excluding carboxylic acids is 1. The highest BCUT2D eigenvalue weighted by molar-refractivity contribution is 7.99. The molecule has 2 rings (SSSR count). The summed E-state index contributed by atoms with van der Waals surface area (Å²) in [6.45, 7) is 0. The van der Waals surface area contributed by atoms with E-state index >= 15 is 0 Å². The molecule has 0 spiro atoms. The topological polar surface area (TPSA) is 75.1 Å². The predicted octanol–water partition coefficient (Wildman–Crippen LogP) is 2.03. The van der Waals surface area contributed by atoms with Crippen LogP contribution in [0.2, 0.25) is 0 Å². The van der Waals surface area contributed by atoms with Gasteiger partial charge in [-0.15, -0.1) is 5.10 Å². The third kappa shape index (κ3) is 3.04. The van der Waals surface area contributed by atoms with Crippen molar-refractivity contribution < 1.29 is 18.8 Å². The zero-order valence-electron chi connectivity index (χ0n) is 9.30. The average molecular weight is 283 g/mol. The summed E-state index contributed by atoms with van der Waals surface area (Å²) in [5.74, 6) is -2.72. The zero-order chi connectivity index (χ0) is 13.8. The van der Waals surface area contributed by atoms with Crippen LogP contribution in [-0.4, -0.2) is 21.3 Å². The first kappa shape index (κ1) is 13.4. The first-order valence-corrected chi connectivity index (χ1v) is 5.82. The lowest BCUT2D eigenvalue weighted by atomic mass is 10.3. The molecule has 1 aromatic heterocycles. The maximum atomic E-state index is 13.1. The lowest BCUT2D eigenvalue weighted by molar-refractivity contribution is 0.0702. The predicted molar refractivity (Wildman–Crippen MR) is 61.8 cm³/mol. The van der Waals surface area contributed by atoms with Gasteiger partial charge in [0.05, 0.1) is 11.8 Å². The quantitative estimate of drug-likeness (QED) is 0.666. The van der Waals surface area contributed by atoms with Crippen LogP contribution in [0, 0.1) is 11.6 Å².